The van der Waals surface area contributed by atoms with Crippen molar-refractivity contribution < 1.29 is 0 Å². The molecule has 0 radical (unpaired) electrons. The molecule has 0 fully saturated rings. The third-order valence-electron chi connectivity index (χ3n) is 1.71. The maximum absolute atomic E-state index is 8.84. The van der Waals surface area contributed by atoms with E-state index in [1.165, 1.54) is 0 Å². The zero-order valence-electron chi connectivity index (χ0n) is 6.77. The number of aromatic nitrogens is 1. The molecule has 2 rings (SSSR count). The van der Waals surface area contributed by atoms with Crippen molar-refractivity contribution in [2.45, 2.75) is 0 Å². The normalized spacial score (nSPS) is 9.46. The second kappa shape index (κ2) is 3.38. The fraction of sp³-hybridized carbons (Fsp3) is 0. The van der Waals surface area contributed by atoms with Crippen LogP contribution in [0.2, 0.25) is 0 Å². The Morgan fingerprint density at radius 1 is 1.31 bits per heavy atom. The summed E-state index contributed by atoms with van der Waals surface area (Å²) in [7, 11) is 0. The van der Waals surface area contributed by atoms with Gasteiger partial charge in [0.1, 0.15) is 5.01 Å². The molecule has 0 unspecified atom stereocenters. The molecule has 2 aromatic rings. The summed E-state index contributed by atoms with van der Waals surface area (Å²) in [5, 5.41) is 11.7. The highest BCUT2D eigenvalue weighted by Gasteiger charge is 2.04. The topological polar surface area (TPSA) is 36.7 Å². The van der Waals surface area contributed by atoms with Crippen molar-refractivity contribution in [3.63, 3.8) is 0 Å². The number of benzene rings is 1. The van der Waals surface area contributed by atoms with Crippen LogP contribution in [0.1, 0.15) is 5.56 Å². The van der Waals surface area contributed by atoms with Crippen molar-refractivity contribution in [1.29, 1.82) is 5.26 Å². The van der Waals surface area contributed by atoms with E-state index in [-0.39, 0.29) is 0 Å². The van der Waals surface area contributed by atoms with E-state index in [9.17, 15) is 0 Å². The van der Waals surface area contributed by atoms with Crippen LogP contribution >= 0.6 is 11.3 Å². The molecule has 13 heavy (non-hydrogen) atoms. The molecule has 0 spiro atoms. The van der Waals surface area contributed by atoms with E-state index in [1.54, 1.807) is 23.6 Å². The van der Waals surface area contributed by atoms with E-state index in [0.29, 0.717) is 5.56 Å². The molecular formula is C10H6N2S. The maximum atomic E-state index is 8.84. The van der Waals surface area contributed by atoms with Crippen LogP contribution in [0.3, 0.4) is 0 Å². The second-order valence-electron chi connectivity index (χ2n) is 2.49. The summed E-state index contributed by atoms with van der Waals surface area (Å²) in [5.41, 5.74) is 1.59. The first-order valence-corrected chi connectivity index (χ1v) is 4.69. The number of hydrogen-bond acceptors (Lipinski definition) is 3. The lowest BCUT2D eigenvalue weighted by molar-refractivity contribution is 1.40. The van der Waals surface area contributed by atoms with Crippen molar-refractivity contribution in [3.05, 3.63) is 41.4 Å². The van der Waals surface area contributed by atoms with Crippen molar-refractivity contribution >= 4 is 11.3 Å². The van der Waals surface area contributed by atoms with Gasteiger partial charge in [-0.1, -0.05) is 18.2 Å². The number of rotatable bonds is 1. The van der Waals surface area contributed by atoms with Crippen molar-refractivity contribution in [2.24, 2.45) is 0 Å². The lowest BCUT2D eigenvalue weighted by Crippen LogP contribution is -1.81. The Labute approximate surface area is 80.1 Å². The minimum absolute atomic E-state index is 0.678. The van der Waals surface area contributed by atoms with Gasteiger partial charge in [0.25, 0.3) is 0 Å². The van der Waals surface area contributed by atoms with Gasteiger partial charge in [-0.15, -0.1) is 11.3 Å². The van der Waals surface area contributed by atoms with Gasteiger partial charge in [-0.3, -0.25) is 0 Å². The monoisotopic (exact) mass is 186 g/mol. The van der Waals surface area contributed by atoms with Gasteiger partial charge < -0.3 is 0 Å². The highest BCUT2D eigenvalue weighted by atomic mass is 32.1. The smallest absolute Gasteiger partial charge is 0.124 e. The molecule has 1 aromatic carbocycles. The van der Waals surface area contributed by atoms with E-state index in [0.717, 1.165) is 10.6 Å². The summed E-state index contributed by atoms with van der Waals surface area (Å²) in [5.74, 6) is 0. The van der Waals surface area contributed by atoms with Gasteiger partial charge in [0, 0.05) is 17.1 Å². The molecule has 0 saturated carbocycles. The Bertz CT molecular complexity index is 440. The van der Waals surface area contributed by atoms with E-state index < -0.39 is 0 Å². The van der Waals surface area contributed by atoms with Gasteiger partial charge in [-0.05, 0) is 6.07 Å². The Morgan fingerprint density at radius 3 is 2.85 bits per heavy atom. The number of thiazole rings is 1. The molecule has 0 bridgehead atoms. The van der Waals surface area contributed by atoms with Gasteiger partial charge in [0.05, 0.1) is 11.6 Å². The Hall–Kier alpha value is -1.66. The third kappa shape index (κ3) is 1.44. The second-order valence-corrected chi connectivity index (χ2v) is 3.39. The third-order valence-corrected chi connectivity index (χ3v) is 2.52. The minimum atomic E-state index is 0.678. The van der Waals surface area contributed by atoms with Gasteiger partial charge >= 0.3 is 0 Å². The summed E-state index contributed by atoms with van der Waals surface area (Å²) in [6.45, 7) is 0. The van der Waals surface area contributed by atoms with Crippen LogP contribution in [0.15, 0.2) is 35.8 Å². The number of hydrogen-bond donors (Lipinski definition) is 0. The largest absolute Gasteiger partial charge is 0.245 e. The first-order chi connectivity index (χ1) is 6.42. The minimum Gasteiger partial charge on any atom is -0.245 e. The van der Waals surface area contributed by atoms with Crippen LogP contribution in [0.4, 0.5) is 0 Å². The highest BCUT2D eigenvalue weighted by molar-refractivity contribution is 7.13. The lowest BCUT2D eigenvalue weighted by Gasteiger charge is -1.97. The lowest BCUT2D eigenvalue weighted by atomic mass is 10.1. The van der Waals surface area contributed by atoms with Crippen LogP contribution in [0, 0.1) is 11.3 Å². The molecule has 0 aliphatic rings. The number of nitriles is 1. The van der Waals surface area contributed by atoms with Crippen LogP contribution in [-0.2, 0) is 0 Å². The highest BCUT2D eigenvalue weighted by Crippen LogP contribution is 2.24. The van der Waals surface area contributed by atoms with Crippen LogP contribution < -0.4 is 0 Å². The van der Waals surface area contributed by atoms with Crippen molar-refractivity contribution in [3.8, 4) is 16.6 Å². The first kappa shape index (κ1) is 7.96. The van der Waals surface area contributed by atoms with Crippen LogP contribution in [-0.4, -0.2) is 4.98 Å². The van der Waals surface area contributed by atoms with Crippen LogP contribution in [0.25, 0.3) is 10.6 Å². The summed E-state index contributed by atoms with van der Waals surface area (Å²) in [4.78, 5) is 4.16. The van der Waals surface area contributed by atoms with Gasteiger partial charge in [0.2, 0.25) is 0 Å². The van der Waals surface area contributed by atoms with Gasteiger partial charge in [-0.2, -0.15) is 5.26 Å². The molecule has 2 nitrogen and oxygen atoms in total. The SMILES string of the molecule is N#Cc1ccccc1-c1nccs1. The fourth-order valence-electron chi connectivity index (χ4n) is 1.12. The zero-order chi connectivity index (χ0) is 9.10. The molecule has 0 saturated heterocycles. The van der Waals surface area contributed by atoms with E-state index in [2.05, 4.69) is 11.1 Å². The molecule has 1 aromatic heterocycles. The molecule has 0 amide bonds. The molecule has 62 valence electrons. The summed E-state index contributed by atoms with van der Waals surface area (Å²) < 4.78 is 0. The summed E-state index contributed by atoms with van der Waals surface area (Å²) in [6.07, 6.45) is 1.74. The Kier molecular flexibility index (Phi) is 2.07. The zero-order valence-corrected chi connectivity index (χ0v) is 7.58. The Balaban J connectivity index is 2.59. The average molecular weight is 186 g/mol. The van der Waals surface area contributed by atoms with E-state index in [4.69, 9.17) is 5.26 Å². The molecule has 0 aliphatic carbocycles. The molecule has 0 N–H and O–H groups in total. The molecular weight excluding hydrogens is 180 g/mol. The van der Waals surface area contributed by atoms with Crippen molar-refractivity contribution in [1.82, 2.24) is 4.98 Å². The summed E-state index contributed by atoms with van der Waals surface area (Å²) >= 11 is 1.54. The quantitative estimate of drug-likeness (QED) is 0.686. The first-order valence-electron chi connectivity index (χ1n) is 3.81. The van der Waals surface area contributed by atoms with E-state index >= 15 is 0 Å². The summed E-state index contributed by atoms with van der Waals surface area (Å²) in [6, 6.07) is 9.64. The standard InChI is InChI=1S/C10H6N2S/c11-7-8-3-1-2-4-9(8)10-12-5-6-13-10/h1-6H. The molecule has 3 heteroatoms. The van der Waals surface area contributed by atoms with Gasteiger partial charge in [-0.25, -0.2) is 4.98 Å². The molecule has 1 heterocycles. The fourth-order valence-corrected chi connectivity index (χ4v) is 1.80. The Morgan fingerprint density at radius 2 is 2.15 bits per heavy atom. The molecule has 0 atom stereocenters. The maximum Gasteiger partial charge on any atom is 0.124 e. The predicted octanol–water partition coefficient (Wildman–Crippen LogP) is 2.68. The van der Waals surface area contributed by atoms with Crippen molar-refractivity contribution in [2.75, 3.05) is 0 Å². The molecule has 0 aliphatic heterocycles. The van der Waals surface area contributed by atoms with Gasteiger partial charge in [0.15, 0.2) is 0 Å². The van der Waals surface area contributed by atoms with Crippen LogP contribution in [0.5, 0.6) is 0 Å². The van der Waals surface area contributed by atoms with E-state index in [1.807, 2.05) is 23.6 Å². The average Bonchev–Trinajstić information content (AvgIpc) is 2.70. The number of nitrogens with zero attached hydrogens (tertiary/aromatic N) is 2. The predicted molar refractivity (Wildman–Crippen MR) is 52.3 cm³/mol.